The summed E-state index contributed by atoms with van der Waals surface area (Å²) in [5.41, 5.74) is 3.13. The van der Waals surface area contributed by atoms with Gasteiger partial charge < -0.3 is 15.0 Å². The zero-order valence-electron chi connectivity index (χ0n) is 17.3. The molecule has 0 aliphatic carbocycles. The largest absolute Gasteiger partial charge is 0.378 e. The first kappa shape index (κ1) is 20.8. The fourth-order valence-corrected chi connectivity index (χ4v) is 4.41. The lowest BCUT2D eigenvalue weighted by atomic mass is 10.0. The SMILES string of the molecule is O=C(Nc1ccc(I)c(-c2nccc3ccccc23)c1)c1ccc(N2CCOCC2)nc1. The number of benzene rings is 2. The van der Waals surface area contributed by atoms with Gasteiger partial charge in [-0.1, -0.05) is 24.3 Å². The molecular weight excluding hydrogens is 515 g/mol. The maximum atomic E-state index is 12.8. The number of carbonyl (C=O) groups excluding carboxylic acids is 1. The summed E-state index contributed by atoms with van der Waals surface area (Å²) >= 11 is 2.31. The molecular formula is C25H21IN4O2. The number of amides is 1. The van der Waals surface area contributed by atoms with Gasteiger partial charge >= 0.3 is 0 Å². The van der Waals surface area contributed by atoms with Crippen LogP contribution in [0.3, 0.4) is 0 Å². The molecule has 1 amide bonds. The van der Waals surface area contributed by atoms with Crippen LogP contribution >= 0.6 is 22.6 Å². The number of aromatic nitrogens is 2. The van der Waals surface area contributed by atoms with Crippen molar-refractivity contribution in [2.75, 3.05) is 36.5 Å². The Labute approximate surface area is 199 Å². The summed E-state index contributed by atoms with van der Waals surface area (Å²) in [7, 11) is 0. The van der Waals surface area contributed by atoms with Gasteiger partial charge in [-0.15, -0.1) is 0 Å². The molecule has 6 nitrogen and oxygen atoms in total. The van der Waals surface area contributed by atoms with Crippen LogP contribution in [0.2, 0.25) is 0 Å². The lowest BCUT2D eigenvalue weighted by Crippen LogP contribution is -2.36. The molecule has 3 heterocycles. The van der Waals surface area contributed by atoms with Crippen molar-refractivity contribution >= 4 is 50.8 Å². The summed E-state index contributed by atoms with van der Waals surface area (Å²) in [4.78, 5) is 24.1. The fraction of sp³-hybridized carbons (Fsp3) is 0.160. The second-order valence-electron chi connectivity index (χ2n) is 7.53. The first-order chi connectivity index (χ1) is 15.7. The summed E-state index contributed by atoms with van der Waals surface area (Å²) in [6.07, 6.45) is 3.45. The summed E-state index contributed by atoms with van der Waals surface area (Å²) in [5.74, 6) is 0.674. The van der Waals surface area contributed by atoms with E-state index >= 15 is 0 Å². The Morgan fingerprint density at radius 1 is 1.00 bits per heavy atom. The number of anilines is 2. The molecule has 1 aliphatic heterocycles. The van der Waals surface area contributed by atoms with Crippen molar-refractivity contribution in [3.05, 3.63) is 82.2 Å². The van der Waals surface area contributed by atoms with Gasteiger partial charge in [0.1, 0.15) is 5.82 Å². The maximum Gasteiger partial charge on any atom is 0.257 e. The second-order valence-corrected chi connectivity index (χ2v) is 8.70. The molecule has 4 aromatic rings. The Kier molecular flexibility index (Phi) is 6.00. The van der Waals surface area contributed by atoms with Crippen LogP contribution in [-0.2, 0) is 4.74 Å². The standard InChI is InChI=1S/C25H21IN4O2/c26-22-7-6-19(15-21(22)24-20-4-2-1-3-17(20)9-10-27-24)29-25(31)18-5-8-23(28-16-18)30-11-13-32-14-12-30/h1-10,15-16H,11-14H2,(H,29,31). The molecule has 1 aliphatic rings. The molecule has 0 unspecified atom stereocenters. The van der Waals surface area contributed by atoms with Crippen molar-refractivity contribution in [1.82, 2.24) is 9.97 Å². The van der Waals surface area contributed by atoms with Crippen molar-refractivity contribution < 1.29 is 9.53 Å². The minimum absolute atomic E-state index is 0.191. The lowest BCUT2D eigenvalue weighted by molar-refractivity contribution is 0.102. The van der Waals surface area contributed by atoms with Crippen molar-refractivity contribution in [2.45, 2.75) is 0 Å². The van der Waals surface area contributed by atoms with E-state index < -0.39 is 0 Å². The number of nitrogens with one attached hydrogen (secondary N) is 1. The molecule has 160 valence electrons. The van der Waals surface area contributed by atoms with E-state index in [0.29, 0.717) is 18.8 Å². The predicted molar refractivity (Wildman–Crippen MR) is 135 cm³/mol. The average molecular weight is 536 g/mol. The molecule has 0 atom stereocenters. The molecule has 32 heavy (non-hydrogen) atoms. The van der Waals surface area contributed by atoms with Crippen LogP contribution in [-0.4, -0.2) is 42.2 Å². The Hall–Kier alpha value is -3.04. The van der Waals surface area contributed by atoms with E-state index in [9.17, 15) is 4.79 Å². The third kappa shape index (κ3) is 4.31. The molecule has 7 heteroatoms. The number of carbonyl (C=O) groups is 1. The Balaban J connectivity index is 1.38. The van der Waals surface area contributed by atoms with Crippen molar-refractivity contribution in [3.63, 3.8) is 0 Å². The van der Waals surface area contributed by atoms with Crippen LogP contribution < -0.4 is 10.2 Å². The van der Waals surface area contributed by atoms with E-state index in [0.717, 1.165) is 50.2 Å². The monoisotopic (exact) mass is 536 g/mol. The fourth-order valence-electron chi connectivity index (χ4n) is 3.82. The third-order valence-electron chi connectivity index (χ3n) is 5.50. The zero-order chi connectivity index (χ0) is 21.9. The highest BCUT2D eigenvalue weighted by Crippen LogP contribution is 2.32. The summed E-state index contributed by atoms with van der Waals surface area (Å²) in [6, 6.07) is 19.8. The lowest BCUT2D eigenvalue weighted by Gasteiger charge is -2.27. The van der Waals surface area contributed by atoms with E-state index in [2.05, 4.69) is 54.9 Å². The van der Waals surface area contributed by atoms with Crippen molar-refractivity contribution in [3.8, 4) is 11.3 Å². The molecule has 2 aromatic carbocycles. The van der Waals surface area contributed by atoms with E-state index in [1.54, 1.807) is 6.20 Å². The maximum absolute atomic E-state index is 12.8. The smallest absolute Gasteiger partial charge is 0.257 e. The van der Waals surface area contributed by atoms with Gasteiger partial charge in [-0.3, -0.25) is 9.78 Å². The summed E-state index contributed by atoms with van der Waals surface area (Å²) in [6.45, 7) is 3.02. The Morgan fingerprint density at radius 2 is 1.84 bits per heavy atom. The number of fused-ring (bicyclic) bond motifs is 1. The zero-order valence-corrected chi connectivity index (χ0v) is 19.5. The minimum Gasteiger partial charge on any atom is -0.378 e. The molecule has 1 fully saturated rings. The third-order valence-corrected chi connectivity index (χ3v) is 6.44. The quantitative estimate of drug-likeness (QED) is 0.373. The molecule has 2 aromatic heterocycles. The number of pyridine rings is 2. The van der Waals surface area contributed by atoms with Crippen LogP contribution in [0.25, 0.3) is 22.0 Å². The normalized spacial score (nSPS) is 13.8. The van der Waals surface area contributed by atoms with E-state index in [4.69, 9.17) is 4.74 Å². The molecule has 1 saturated heterocycles. The number of rotatable bonds is 4. The molecule has 5 rings (SSSR count). The molecule has 0 saturated carbocycles. The molecule has 0 radical (unpaired) electrons. The summed E-state index contributed by atoms with van der Waals surface area (Å²) in [5, 5.41) is 5.22. The number of hydrogen-bond donors (Lipinski definition) is 1. The highest BCUT2D eigenvalue weighted by Gasteiger charge is 2.15. The summed E-state index contributed by atoms with van der Waals surface area (Å²) < 4.78 is 6.45. The average Bonchev–Trinajstić information content (AvgIpc) is 2.85. The van der Waals surface area contributed by atoms with Gasteiger partial charge in [0.2, 0.25) is 0 Å². The number of morpholine rings is 1. The van der Waals surface area contributed by atoms with Gasteiger partial charge in [0.05, 0.1) is 24.5 Å². The van der Waals surface area contributed by atoms with Gasteiger partial charge in [-0.2, -0.15) is 0 Å². The number of ether oxygens (including phenoxy) is 1. The minimum atomic E-state index is -0.191. The second kappa shape index (κ2) is 9.22. The van der Waals surface area contributed by atoms with Crippen LogP contribution in [0, 0.1) is 3.57 Å². The predicted octanol–water partition coefficient (Wildman–Crippen LogP) is 4.99. The number of halogens is 1. The van der Waals surface area contributed by atoms with E-state index in [-0.39, 0.29) is 5.91 Å². The Bertz CT molecular complexity index is 1270. The first-order valence-corrected chi connectivity index (χ1v) is 11.5. The van der Waals surface area contributed by atoms with Crippen LogP contribution in [0.1, 0.15) is 10.4 Å². The topological polar surface area (TPSA) is 67.4 Å². The van der Waals surface area contributed by atoms with E-state index in [1.165, 1.54) is 0 Å². The van der Waals surface area contributed by atoms with Crippen molar-refractivity contribution in [2.24, 2.45) is 0 Å². The van der Waals surface area contributed by atoms with Crippen LogP contribution in [0.4, 0.5) is 11.5 Å². The highest BCUT2D eigenvalue weighted by atomic mass is 127. The number of hydrogen-bond acceptors (Lipinski definition) is 5. The van der Waals surface area contributed by atoms with Gasteiger partial charge in [0.15, 0.2) is 0 Å². The van der Waals surface area contributed by atoms with Crippen LogP contribution in [0.15, 0.2) is 73.1 Å². The Morgan fingerprint density at radius 3 is 2.66 bits per heavy atom. The highest BCUT2D eigenvalue weighted by molar-refractivity contribution is 14.1. The van der Waals surface area contributed by atoms with Gasteiger partial charge in [0, 0.05) is 45.7 Å². The van der Waals surface area contributed by atoms with E-state index in [1.807, 2.05) is 54.7 Å². The molecule has 0 spiro atoms. The van der Waals surface area contributed by atoms with Gasteiger partial charge in [-0.05, 0) is 64.4 Å². The van der Waals surface area contributed by atoms with Crippen LogP contribution in [0.5, 0.6) is 0 Å². The molecule has 0 bridgehead atoms. The number of nitrogens with zero attached hydrogens (tertiary/aromatic N) is 3. The van der Waals surface area contributed by atoms with Gasteiger partial charge in [-0.25, -0.2) is 4.98 Å². The van der Waals surface area contributed by atoms with Gasteiger partial charge in [0.25, 0.3) is 5.91 Å². The first-order valence-electron chi connectivity index (χ1n) is 10.4. The van der Waals surface area contributed by atoms with Crippen molar-refractivity contribution in [1.29, 1.82) is 0 Å². The molecule has 1 N–H and O–H groups in total.